The van der Waals surface area contributed by atoms with Gasteiger partial charge in [-0.2, -0.15) is 4.99 Å². The second-order valence-corrected chi connectivity index (χ2v) is 6.91. The number of hydrogen-bond donors (Lipinski definition) is 0. The molecule has 2 heterocycles. The van der Waals surface area contributed by atoms with Gasteiger partial charge in [0.05, 0.1) is 24.4 Å². The molecule has 0 aliphatic carbocycles. The fourth-order valence-electron chi connectivity index (χ4n) is 2.23. The minimum atomic E-state index is -0.288. The molecule has 0 saturated heterocycles. The molecule has 0 unspecified atom stereocenters. The first-order valence-electron chi connectivity index (χ1n) is 7.14. The lowest BCUT2D eigenvalue weighted by atomic mass is 10.3. The van der Waals surface area contributed by atoms with E-state index in [4.69, 9.17) is 9.47 Å². The smallest absolute Gasteiger partial charge is 0.272 e. The molecular weight excluding hydrogens is 344 g/mol. The van der Waals surface area contributed by atoms with Gasteiger partial charge in [-0.25, -0.2) is 0 Å². The first-order valence-corrected chi connectivity index (χ1v) is 8.84. The van der Waals surface area contributed by atoms with E-state index in [2.05, 4.69) is 4.99 Å². The molecule has 0 radical (unpaired) electrons. The van der Waals surface area contributed by atoms with Gasteiger partial charge in [0, 0.05) is 30.1 Å². The minimum absolute atomic E-state index is 0.288. The highest BCUT2D eigenvalue weighted by Crippen LogP contribution is 2.32. The van der Waals surface area contributed by atoms with Crippen molar-refractivity contribution in [3.8, 4) is 11.5 Å². The Bertz CT molecular complexity index is 966. The van der Waals surface area contributed by atoms with E-state index < -0.39 is 0 Å². The number of benzene rings is 1. The van der Waals surface area contributed by atoms with E-state index >= 15 is 0 Å². The Hall–Kier alpha value is -2.38. The number of carbonyl (C=O) groups excluding carboxylic acids is 1. The van der Waals surface area contributed by atoms with Crippen LogP contribution in [-0.2, 0) is 11.8 Å². The Morgan fingerprint density at radius 2 is 2.00 bits per heavy atom. The number of carbonyl (C=O) groups is 1. The third-order valence-corrected chi connectivity index (χ3v) is 5.39. The molecule has 3 aromatic rings. The average molecular weight is 360 g/mol. The van der Waals surface area contributed by atoms with E-state index in [0.29, 0.717) is 16.3 Å². The van der Waals surface area contributed by atoms with E-state index in [1.54, 1.807) is 31.6 Å². The maximum Gasteiger partial charge on any atom is 0.272 e. The lowest BCUT2D eigenvalue weighted by molar-refractivity contribution is -0.113. The third-order valence-electron chi connectivity index (χ3n) is 3.45. The molecule has 0 bridgehead atoms. The molecular formula is C17H16N2O3S2. The van der Waals surface area contributed by atoms with Crippen molar-refractivity contribution in [2.45, 2.75) is 0 Å². The Morgan fingerprint density at radius 1 is 1.25 bits per heavy atom. The number of rotatable bonds is 4. The molecule has 0 aliphatic rings. The molecule has 1 aromatic carbocycles. The van der Waals surface area contributed by atoms with E-state index in [0.717, 1.165) is 15.1 Å². The number of methoxy groups -OCH3 is 2. The molecule has 2 aromatic heterocycles. The summed E-state index contributed by atoms with van der Waals surface area (Å²) in [6.45, 7) is 0. The summed E-state index contributed by atoms with van der Waals surface area (Å²) in [5, 5.41) is 1.97. The minimum Gasteiger partial charge on any atom is -0.493 e. The van der Waals surface area contributed by atoms with Crippen molar-refractivity contribution in [1.82, 2.24) is 4.57 Å². The SMILES string of the molecule is COc1cc2sc(=NC(=O)C=Cc3cccs3)n(C)c2cc1OC. The van der Waals surface area contributed by atoms with E-state index in [9.17, 15) is 4.79 Å². The van der Waals surface area contributed by atoms with Gasteiger partial charge in [-0.15, -0.1) is 11.3 Å². The molecule has 1 amide bonds. The zero-order valence-corrected chi connectivity index (χ0v) is 15.1. The number of hydrogen-bond acceptors (Lipinski definition) is 5. The second-order valence-electron chi connectivity index (χ2n) is 4.92. The van der Waals surface area contributed by atoms with Crippen molar-refractivity contribution in [3.05, 3.63) is 45.4 Å². The van der Waals surface area contributed by atoms with Gasteiger partial charge in [0.1, 0.15) is 0 Å². The molecule has 0 aliphatic heterocycles. The molecule has 124 valence electrons. The lowest BCUT2D eigenvalue weighted by Gasteiger charge is -2.07. The van der Waals surface area contributed by atoms with Crippen LogP contribution in [0.25, 0.3) is 16.3 Å². The number of fused-ring (bicyclic) bond motifs is 1. The van der Waals surface area contributed by atoms with Crippen LogP contribution in [0.3, 0.4) is 0 Å². The summed E-state index contributed by atoms with van der Waals surface area (Å²) < 4.78 is 13.5. The first-order chi connectivity index (χ1) is 11.6. The highest BCUT2D eigenvalue weighted by Gasteiger charge is 2.10. The molecule has 0 N–H and O–H groups in total. The molecule has 0 spiro atoms. The number of ether oxygens (including phenoxy) is 2. The Kier molecular flexibility index (Phi) is 4.82. The highest BCUT2D eigenvalue weighted by molar-refractivity contribution is 7.16. The summed E-state index contributed by atoms with van der Waals surface area (Å²) in [6.07, 6.45) is 3.26. The molecule has 5 nitrogen and oxygen atoms in total. The van der Waals surface area contributed by atoms with Crippen molar-refractivity contribution in [3.63, 3.8) is 0 Å². The summed E-state index contributed by atoms with van der Waals surface area (Å²) in [5.41, 5.74) is 0.937. The summed E-state index contributed by atoms with van der Waals surface area (Å²) in [6, 6.07) is 7.67. The van der Waals surface area contributed by atoms with Crippen LogP contribution in [0.4, 0.5) is 0 Å². The van der Waals surface area contributed by atoms with Gasteiger partial charge in [0.15, 0.2) is 16.3 Å². The molecule has 7 heteroatoms. The van der Waals surface area contributed by atoms with Gasteiger partial charge in [0.25, 0.3) is 5.91 Å². The summed E-state index contributed by atoms with van der Waals surface area (Å²) in [7, 11) is 5.07. The van der Waals surface area contributed by atoms with Crippen molar-refractivity contribution < 1.29 is 14.3 Å². The van der Waals surface area contributed by atoms with Gasteiger partial charge in [-0.05, 0) is 17.5 Å². The van der Waals surface area contributed by atoms with E-state index in [1.165, 1.54) is 17.4 Å². The monoisotopic (exact) mass is 360 g/mol. The van der Waals surface area contributed by atoms with Crippen LogP contribution in [0.1, 0.15) is 4.88 Å². The standard InChI is InChI=1S/C17H16N2O3S2/c1-19-12-9-13(21-2)14(22-3)10-15(12)24-17(19)18-16(20)7-6-11-5-4-8-23-11/h4-10H,1-3H3. The first kappa shape index (κ1) is 16.5. The Balaban J connectivity index is 2.00. The number of aryl methyl sites for hydroxylation is 1. The largest absolute Gasteiger partial charge is 0.493 e. The molecule has 0 fully saturated rings. The van der Waals surface area contributed by atoms with Crippen molar-refractivity contribution in [2.24, 2.45) is 12.0 Å². The van der Waals surface area contributed by atoms with Crippen molar-refractivity contribution in [1.29, 1.82) is 0 Å². The van der Waals surface area contributed by atoms with Gasteiger partial charge in [-0.3, -0.25) is 4.79 Å². The maximum atomic E-state index is 12.1. The van der Waals surface area contributed by atoms with Crippen LogP contribution >= 0.6 is 22.7 Å². The van der Waals surface area contributed by atoms with Gasteiger partial charge >= 0.3 is 0 Å². The third kappa shape index (κ3) is 3.27. The van der Waals surface area contributed by atoms with Gasteiger partial charge in [-0.1, -0.05) is 17.4 Å². The molecule has 24 heavy (non-hydrogen) atoms. The number of thiazole rings is 1. The van der Waals surface area contributed by atoms with Crippen molar-refractivity contribution >= 4 is 44.9 Å². The quantitative estimate of drug-likeness (QED) is 0.670. The summed E-state index contributed by atoms with van der Waals surface area (Å²) in [5.74, 6) is 1.01. The zero-order chi connectivity index (χ0) is 17.1. The maximum absolute atomic E-state index is 12.1. The lowest BCUT2D eigenvalue weighted by Crippen LogP contribution is -2.12. The number of thiophene rings is 1. The Morgan fingerprint density at radius 3 is 2.67 bits per heavy atom. The van der Waals surface area contributed by atoms with Crippen molar-refractivity contribution in [2.75, 3.05) is 14.2 Å². The predicted octanol–water partition coefficient (Wildman–Crippen LogP) is 3.46. The number of amides is 1. The van der Waals surface area contributed by atoms with E-state index in [-0.39, 0.29) is 5.91 Å². The highest BCUT2D eigenvalue weighted by atomic mass is 32.1. The van der Waals surface area contributed by atoms with Crippen LogP contribution in [0.5, 0.6) is 11.5 Å². The average Bonchev–Trinajstić information content (AvgIpc) is 3.21. The van der Waals surface area contributed by atoms with Gasteiger partial charge < -0.3 is 14.0 Å². The molecule has 0 atom stereocenters. The molecule has 0 saturated carbocycles. The fraction of sp³-hybridized carbons (Fsp3) is 0.176. The normalized spacial score (nSPS) is 12.2. The fourth-order valence-corrected chi connectivity index (χ4v) is 3.88. The van der Waals surface area contributed by atoms with Crippen LogP contribution in [0.2, 0.25) is 0 Å². The van der Waals surface area contributed by atoms with Crippen LogP contribution < -0.4 is 14.3 Å². The summed E-state index contributed by atoms with van der Waals surface area (Å²) >= 11 is 3.01. The summed E-state index contributed by atoms with van der Waals surface area (Å²) in [4.78, 5) is 17.9. The zero-order valence-electron chi connectivity index (χ0n) is 13.5. The van der Waals surface area contributed by atoms with Crippen LogP contribution in [-0.4, -0.2) is 24.7 Å². The predicted molar refractivity (Wildman–Crippen MR) is 97.8 cm³/mol. The second kappa shape index (κ2) is 7.02. The van der Waals surface area contributed by atoms with Crippen LogP contribution in [0, 0.1) is 0 Å². The number of nitrogens with zero attached hydrogens (tertiary/aromatic N) is 2. The topological polar surface area (TPSA) is 52.8 Å². The Labute approximate surface area is 147 Å². The van der Waals surface area contributed by atoms with Crippen LogP contribution in [0.15, 0.2) is 40.7 Å². The van der Waals surface area contributed by atoms with Gasteiger partial charge in [0.2, 0.25) is 0 Å². The molecule has 3 rings (SSSR count). The number of aromatic nitrogens is 1. The van der Waals surface area contributed by atoms with E-state index in [1.807, 2.05) is 41.3 Å².